The first kappa shape index (κ1) is 16.2. The fourth-order valence-corrected chi connectivity index (χ4v) is 2.04. The maximum atomic E-state index is 13.0. The third-order valence-electron chi connectivity index (χ3n) is 2.64. The molecule has 0 aliphatic heterocycles. The number of rotatable bonds is 3. The van der Waals surface area contributed by atoms with Crippen LogP contribution in [0.3, 0.4) is 0 Å². The molecule has 0 aromatic heterocycles. The van der Waals surface area contributed by atoms with Crippen molar-refractivity contribution in [2.45, 2.75) is 38.3 Å². The van der Waals surface area contributed by atoms with Crippen molar-refractivity contribution in [1.29, 1.82) is 0 Å². The normalized spacial score (nSPS) is 13.1. The van der Waals surface area contributed by atoms with Crippen LogP contribution in [0.2, 0.25) is 0 Å². The van der Waals surface area contributed by atoms with Gasteiger partial charge in [0, 0.05) is 10.9 Å². The molecule has 0 bridgehead atoms. The van der Waals surface area contributed by atoms with Crippen LogP contribution in [0.1, 0.15) is 30.9 Å². The van der Waals surface area contributed by atoms with Crippen LogP contribution in [0.15, 0.2) is 16.6 Å². The molecule has 1 aromatic carbocycles. The van der Waals surface area contributed by atoms with Crippen molar-refractivity contribution in [2.75, 3.05) is 0 Å². The van der Waals surface area contributed by atoms with Gasteiger partial charge in [-0.25, -0.2) is 0 Å². The second-order valence-corrected chi connectivity index (χ2v) is 5.39. The highest BCUT2D eigenvalue weighted by atomic mass is 79.9. The third-order valence-corrected chi connectivity index (χ3v) is 3.38. The quantitative estimate of drug-likeness (QED) is 0.762. The highest BCUT2D eigenvalue weighted by molar-refractivity contribution is 9.10. The van der Waals surface area contributed by atoms with Crippen LogP contribution >= 0.6 is 15.9 Å². The van der Waals surface area contributed by atoms with E-state index in [0.717, 1.165) is 6.07 Å². The Labute approximate surface area is 115 Å². The molecule has 0 fully saturated rings. The first-order valence-electron chi connectivity index (χ1n) is 5.41. The molecular weight excluding hydrogens is 335 g/mol. The van der Waals surface area contributed by atoms with E-state index >= 15 is 0 Å². The summed E-state index contributed by atoms with van der Waals surface area (Å²) in [5, 5.41) is 9.60. The van der Waals surface area contributed by atoms with Crippen molar-refractivity contribution in [2.24, 2.45) is 0 Å². The zero-order valence-corrected chi connectivity index (χ0v) is 11.7. The average molecular weight is 347 g/mol. The van der Waals surface area contributed by atoms with Gasteiger partial charge in [-0.15, -0.1) is 0 Å². The maximum Gasteiger partial charge on any atom is 0.453 e. The van der Waals surface area contributed by atoms with Gasteiger partial charge in [0.1, 0.15) is 5.75 Å². The lowest BCUT2D eigenvalue weighted by Gasteiger charge is -2.21. The molecular formula is C12H12BrF5O. The Hall–Kier alpha value is -0.850. The summed E-state index contributed by atoms with van der Waals surface area (Å²) < 4.78 is 62.6. The predicted octanol–water partition coefficient (Wildman–Crippen LogP) is 5.02. The molecule has 0 saturated carbocycles. The van der Waals surface area contributed by atoms with Crippen molar-refractivity contribution in [3.63, 3.8) is 0 Å². The molecule has 0 aliphatic carbocycles. The molecule has 0 unspecified atom stereocenters. The number of phenolic OH excluding ortho intramolecular Hbond substituents is 1. The van der Waals surface area contributed by atoms with Gasteiger partial charge >= 0.3 is 12.1 Å². The second-order valence-electron chi connectivity index (χ2n) is 4.54. The van der Waals surface area contributed by atoms with Gasteiger partial charge in [0.2, 0.25) is 0 Å². The molecule has 1 aromatic rings. The topological polar surface area (TPSA) is 20.2 Å². The minimum Gasteiger partial charge on any atom is -0.508 e. The van der Waals surface area contributed by atoms with Gasteiger partial charge in [0.05, 0.1) is 0 Å². The zero-order valence-electron chi connectivity index (χ0n) is 10.2. The van der Waals surface area contributed by atoms with E-state index < -0.39 is 18.5 Å². The summed E-state index contributed by atoms with van der Waals surface area (Å²) in [6, 6.07) is 2.31. The Balaban J connectivity index is 3.19. The van der Waals surface area contributed by atoms with Gasteiger partial charge in [-0.05, 0) is 23.1 Å². The highest BCUT2D eigenvalue weighted by Gasteiger charge is 2.57. The molecule has 108 valence electrons. The summed E-state index contributed by atoms with van der Waals surface area (Å²) in [4.78, 5) is 0. The molecule has 0 aliphatic rings. The molecule has 0 amide bonds. The number of phenols is 1. The van der Waals surface area contributed by atoms with Gasteiger partial charge < -0.3 is 5.11 Å². The largest absolute Gasteiger partial charge is 0.508 e. The molecule has 0 atom stereocenters. The van der Waals surface area contributed by atoms with Crippen LogP contribution in [-0.2, 0) is 6.42 Å². The Bertz CT molecular complexity index is 468. The van der Waals surface area contributed by atoms with E-state index in [-0.39, 0.29) is 21.7 Å². The molecule has 1 nitrogen and oxygen atoms in total. The van der Waals surface area contributed by atoms with E-state index in [1.165, 1.54) is 6.07 Å². The van der Waals surface area contributed by atoms with Crippen molar-refractivity contribution in [1.82, 2.24) is 0 Å². The van der Waals surface area contributed by atoms with Crippen molar-refractivity contribution >= 4 is 15.9 Å². The van der Waals surface area contributed by atoms with Crippen LogP contribution in [0.5, 0.6) is 5.75 Å². The molecule has 0 saturated heterocycles. The van der Waals surface area contributed by atoms with Crippen LogP contribution in [0.25, 0.3) is 0 Å². The standard InChI is InChI=1S/C12H12BrF5O/c1-6(2)8-3-7(9(13)4-10(8)19)5-11(14,15)12(16,17)18/h3-4,6,19H,5H2,1-2H3. The molecule has 19 heavy (non-hydrogen) atoms. The fraction of sp³-hybridized carbons (Fsp3) is 0.500. The average Bonchev–Trinajstić information content (AvgIpc) is 2.19. The SMILES string of the molecule is CC(C)c1cc(CC(F)(F)C(F)(F)F)c(Br)cc1O. The van der Waals surface area contributed by atoms with Crippen LogP contribution in [-0.4, -0.2) is 17.2 Å². The Morgan fingerprint density at radius 1 is 1.16 bits per heavy atom. The van der Waals surface area contributed by atoms with Gasteiger partial charge in [0.25, 0.3) is 0 Å². The first-order valence-corrected chi connectivity index (χ1v) is 6.21. The summed E-state index contributed by atoms with van der Waals surface area (Å²) in [5.74, 6) is -5.13. The molecule has 0 heterocycles. The van der Waals surface area contributed by atoms with Gasteiger partial charge in [-0.2, -0.15) is 22.0 Å². The van der Waals surface area contributed by atoms with E-state index in [0.29, 0.717) is 5.56 Å². The van der Waals surface area contributed by atoms with E-state index in [1.807, 2.05) is 0 Å². The van der Waals surface area contributed by atoms with E-state index in [2.05, 4.69) is 15.9 Å². The number of halogens is 6. The Kier molecular flexibility index (Phi) is 4.49. The van der Waals surface area contributed by atoms with Crippen molar-refractivity contribution in [3.8, 4) is 5.75 Å². The zero-order chi connectivity index (χ0) is 15.0. The van der Waals surface area contributed by atoms with Crippen LogP contribution < -0.4 is 0 Å². The lowest BCUT2D eigenvalue weighted by atomic mass is 9.97. The number of hydrogen-bond acceptors (Lipinski definition) is 1. The smallest absolute Gasteiger partial charge is 0.453 e. The van der Waals surface area contributed by atoms with Gasteiger partial charge in [-0.3, -0.25) is 0 Å². The van der Waals surface area contributed by atoms with Crippen molar-refractivity contribution < 1.29 is 27.1 Å². The van der Waals surface area contributed by atoms with Gasteiger partial charge in [0.15, 0.2) is 0 Å². The lowest BCUT2D eigenvalue weighted by Crippen LogP contribution is -2.38. The summed E-state index contributed by atoms with van der Waals surface area (Å²) in [7, 11) is 0. The molecule has 0 spiro atoms. The lowest BCUT2D eigenvalue weighted by molar-refractivity contribution is -0.281. The minimum atomic E-state index is -5.59. The summed E-state index contributed by atoms with van der Waals surface area (Å²) in [5.41, 5.74) is 0.139. The predicted molar refractivity (Wildman–Crippen MR) is 64.6 cm³/mol. The maximum absolute atomic E-state index is 13.0. The van der Waals surface area contributed by atoms with Crippen molar-refractivity contribution in [3.05, 3.63) is 27.7 Å². The van der Waals surface area contributed by atoms with E-state index in [4.69, 9.17) is 0 Å². The number of aromatic hydroxyl groups is 1. The Morgan fingerprint density at radius 3 is 2.11 bits per heavy atom. The van der Waals surface area contributed by atoms with Crippen LogP contribution in [0, 0.1) is 0 Å². The molecule has 1 N–H and O–H groups in total. The van der Waals surface area contributed by atoms with Gasteiger partial charge in [-0.1, -0.05) is 35.8 Å². The minimum absolute atomic E-state index is 0.0262. The summed E-state index contributed by atoms with van der Waals surface area (Å²) >= 11 is 2.89. The highest BCUT2D eigenvalue weighted by Crippen LogP contribution is 2.41. The Morgan fingerprint density at radius 2 is 1.68 bits per heavy atom. The van der Waals surface area contributed by atoms with Crippen LogP contribution in [0.4, 0.5) is 22.0 Å². The summed E-state index contributed by atoms with van der Waals surface area (Å²) in [6.07, 6.45) is -7.06. The molecule has 1 rings (SSSR count). The molecule has 0 radical (unpaired) electrons. The summed E-state index contributed by atoms with van der Waals surface area (Å²) in [6.45, 7) is 3.41. The second kappa shape index (κ2) is 5.26. The third kappa shape index (κ3) is 3.58. The fourth-order valence-electron chi connectivity index (χ4n) is 1.56. The number of benzene rings is 1. The number of hydrogen-bond donors (Lipinski definition) is 1. The number of alkyl halides is 5. The van der Waals surface area contributed by atoms with E-state index in [1.54, 1.807) is 13.8 Å². The monoisotopic (exact) mass is 346 g/mol. The molecule has 7 heteroatoms. The van der Waals surface area contributed by atoms with E-state index in [9.17, 15) is 27.1 Å². The first-order chi connectivity index (χ1) is 8.45.